The monoisotopic (exact) mass is 418 g/mol. The maximum Gasteiger partial charge on any atom is 0.325 e. The summed E-state index contributed by atoms with van der Waals surface area (Å²) in [6.07, 6.45) is 5.24. The number of ether oxygens (including phenoxy) is 2. The highest BCUT2D eigenvalue weighted by Gasteiger charge is 2.28. The van der Waals surface area contributed by atoms with Crippen LogP contribution in [0.2, 0.25) is 0 Å². The Labute approximate surface area is 178 Å². The molecule has 1 saturated carbocycles. The highest BCUT2D eigenvalue weighted by atomic mass is 16.5. The molecule has 0 bridgehead atoms. The largest absolute Gasteiger partial charge is 0.494 e. The van der Waals surface area contributed by atoms with Crippen LogP contribution >= 0.6 is 0 Å². The third-order valence-electron chi connectivity index (χ3n) is 5.69. The maximum absolute atomic E-state index is 12.1. The Morgan fingerprint density at radius 1 is 1.10 bits per heavy atom. The number of amides is 2. The molecule has 2 amide bonds. The summed E-state index contributed by atoms with van der Waals surface area (Å²) in [7, 11) is 0. The molecule has 3 atom stereocenters. The van der Waals surface area contributed by atoms with Crippen LogP contribution in [0.4, 0.5) is 0 Å². The molecule has 0 unspecified atom stereocenters. The molecule has 1 aromatic rings. The molecule has 0 aromatic heterocycles. The van der Waals surface area contributed by atoms with Crippen molar-refractivity contribution in [3.63, 3.8) is 0 Å². The van der Waals surface area contributed by atoms with Crippen molar-refractivity contribution >= 4 is 17.8 Å². The predicted molar refractivity (Wildman–Crippen MR) is 114 cm³/mol. The first-order valence-corrected chi connectivity index (χ1v) is 10.9. The molecular weight excluding hydrogens is 384 g/mol. The lowest BCUT2D eigenvalue weighted by Crippen LogP contribution is -2.45. The van der Waals surface area contributed by atoms with Gasteiger partial charge < -0.3 is 20.1 Å². The van der Waals surface area contributed by atoms with Crippen LogP contribution in [0.25, 0.3) is 0 Å². The first-order valence-electron chi connectivity index (χ1n) is 10.9. The van der Waals surface area contributed by atoms with Crippen LogP contribution in [0.3, 0.4) is 0 Å². The third kappa shape index (κ3) is 7.69. The van der Waals surface area contributed by atoms with Gasteiger partial charge in [0.15, 0.2) is 6.61 Å². The van der Waals surface area contributed by atoms with Crippen molar-refractivity contribution in [2.45, 2.75) is 58.9 Å². The van der Waals surface area contributed by atoms with Gasteiger partial charge in [0, 0.05) is 11.6 Å². The number of hydrogen-bond acceptors (Lipinski definition) is 5. The van der Waals surface area contributed by atoms with Gasteiger partial charge in [-0.25, -0.2) is 0 Å². The van der Waals surface area contributed by atoms with Gasteiger partial charge in [0.1, 0.15) is 12.3 Å². The van der Waals surface area contributed by atoms with Crippen molar-refractivity contribution in [3.8, 4) is 5.75 Å². The van der Waals surface area contributed by atoms with Crippen molar-refractivity contribution in [2.75, 3.05) is 19.8 Å². The summed E-state index contributed by atoms with van der Waals surface area (Å²) in [5.41, 5.74) is 0.420. The van der Waals surface area contributed by atoms with Crippen LogP contribution in [0.1, 0.15) is 63.2 Å². The number of esters is 1. The van der Waals surface area contributed by atoms with E-state index in [4.69, 9.17) is 9.47 Å². The Balaban J connectivity index is 1.67. The number of benzene rings is 1. The molecule has 0 spiro atoms. The number of nitrogens with one attached hydrogen (secondary N) is 2. The van der Waals surface area contributed by atoms with Crippen molar-refractivity contribution in [1.29, 1.82) is 0 Å². The number of rotatable bonds is 10. The smallest absolute Gasteiger partial charge is 0.325 e. The van der Waals surface area contributed by atoms with Crippen molar-refractivity contribution in [1.82, 2.24) is 10.6 Å². The Morgan fingerprint density at radius 3 is 2.53 bits per heavy atom. The fourth-order valence-electron chi connectivity index (χ4n) is 3.52. The first-order chi connectivity index (χ1) is 14.4. The Kier molecular flexibility index (Phi) is 9.64. The molecule has 1 aromatic carbocycles. The van der Waals surface area contributed by atoms with Gasteiger partial charge in [-0.1, -0.05) is 40.0 Å². The fraction of sp³-hybridized carbons (Fsp3) is 0.609. The van der Waals surface area contributed by atoms with Crippen LogP contribution in [0.5, 0.6) is 5.75 Å². The van der Waals surface area contributed by atoms with Crippen LogP contribution in [0, 0.1) is 11.8 Å². The lowest BCUT2D eigenvalue weighted by atomic mass is 9.78. The zero-order chi connectivity index (χ0) is 21.9. The number of hydrogen-bond donors (Lipinski definition) is 2. The van der Waals surface area contributed by atoms with Crippen LogP contribution in [0.15, 0.2) is 24.3 Å². The van der Waals surface area contributed by atoms with Gasteiger partial charge in [0.25, 0.3) is 11.8 Å². The van der Waals surface area contributed by atoms with Gasteiger partial charge in [-0.05, 0) is 48.9 Å². The molecular formula is C23H34N2O5. The molecule has 1 aliphatic carbocycles. The van der Waals surface area contributed by atoms with Gasteiger partial charge in [-0.2, -0.15) is 0 Å². The normalized spacial score (nSPS) is 20.8. The zero-order valence-corrected chi connectivity index (χ0v) is 18.2. The van der Waals surface area contributed by atoms with Crippen LogP contribution < -0.4 is 15.4 Å². The van der Waals surface area contributed by atoms with E-state index in [0.29, 0.717) is 29.8 Å². The molecule has 30 heavy (non-hydrogen) atoms. The van der Waals surface area contributed by atoms with Gasteiger partial charge in [0.05, 0.1) is 6.61 Å². The first kappa shape index (κ1) is 23.7. The summed E-state index contributed by atoms with van der Waals surface area (Å²) in [6, 6.07) is 6.85. The second-order valence-corrected chi connectivity index (χ2v) is 8.01. The maximum atomic E-state index is 12.1. The summed E-state index contributed by atoms with van der Waals surface area (Å²) in [6.45, 7) is 6.43. The summed E-state index contributed by atoms with van der Waals surface area (Å²) in [4.78, 5) is 36.1. The van der Waals surface area contributed by atoms with Gasteiger partial charge >= 0.3 is 5.97 Å². The van der Waals surface area contributed by atoms with Crippen molar-refractivity contribution < 1.29 is 23.9 Å². The minimum Gasteiger partial charge on any atom is -0.494 e. The molecule has 2 N–H and O–H groups in total. The van der Waals surface area contributed by atoms with E-state index in [0.717, 1.165) is 25.7 Å². The summed E-state index contributed by atoms with van der Waals surface area (Å²) in [5.74, 6) is 0.330. The minimum absolute atomic E-state index is 0.119. The molecule has 166 valence electrons. The fourth-order valence-corrected chi connectivity index (χ4v) is 3.52. The minimum atomic E-state index is -0.650. The van der Waals surface area contributed by atoms with E-state index in [1.807, 2.05) is 0 Å². The van der Waals surface area contributed by atoms with Crippen LogP contribution in [-0.2, 0) is 14.3 Å². The molecule has 2 rings (SSSR count). The van der Waals surface area contributed by atoms with E-state index in [9.17, 15) is 14.4 Å². The van der Waals surface area contributed by atoms with E-state index in [1.54, 1.807) is 24.3 Å². The van der Waals surface area contributed by atoms with Crippen molar-refractivity contribution in [2.24, 2.45) is 11.8 Å². The topological polar surface area (TPSA) is 93.7 Å². The second-order valence-electron chi connectivity index (χ2n) is 8.01. The predicted octanol–water partition coefficient (Wildman–Crippen LogP) is 3.08. The van der Waals surface area contributed by atoms with Crippen LogP contribution in [-0.4, -0.2) is 43.6 Å². The van der Waals surface area contributed by atoms with E-state index >= 15 is 0 Å². The van der Waals surface area contributed by atoms with Gasteiger partial charge in [-0.15, -0.1) is 0 Å². The highest BCUT2D eigenvalue weighted by molar-refractivity contribution is 5.96. The van der Waals surface area contributed by atoms with E-state index < -0.39 is 5.97 Å². The molecule has 7 heteroatoms. The Hall–Kier alpha value is -2.57. The molecule has 0 aliphatic heterocycles. The average Bonchev–Trinajstić information content (AvgIpc) is 2.74. The standard InChI is InChI=1S/C23H34N2O5/c1-4-5-13-29-19-11-9-18(10-12-19)23(28)24-14-22(27)30-15-21(26)25-20-8-6-7-16(2)17(20)3/h9-12,16-17,20H,4-8,13-15H2,1-3H3,(H,24,28)(H,25,26)/t16-,17-,20+/m0/s1. The van der Waals surface area contributed by atoms with E-state index in [2.05, 4.69) is 31.4 Å². The summed E-state index contributed by atoms with van der Waals surface area (Å²) in [5, 5.41) is 5.46. The quantitative estimate of drug-likeness (QED) is 0.450. The molecule has 0 heterocycles. The van der Waals surface area contributed by atoms with Gasteiger partial charge in [0.2, 0.25) is 0 Å². The number of carbonyl (C=O) groups excluding carboxylic acids is 3. The molecule has 7 nitrogen and oxygen atoms in total. The Morgan fingerprint density at radius 2 is 1.83 bits per heavy atom. The van der Waals surface area contributed by atoms with Crippen molar-refractivity contribution in [3.05, 3.63) is 29.8 Å². The second kappa shape index (κ2) is 12.2. The molecule has 1 fully saturated rings. The Bertz CT molecular complexity index is 704. The molecule has 1 aliphatic rings. The summed E-state index contributed by atoms with van der Waals surface area (Å²) >= 11 is 0. The van der Waals surface area contributed by atoms with E-state index in [-0.39, 0.29) is 31.0 Å². The number of carbonyl (C=O) groups is 3. The molecule has 0 saturated heterocycles. The molecule has 0 radical (unpaired) electrons. The lowest BCUT2D eigenvalue weighted by Gasteiger charge is -2.34. The van der Waals surface area contributed by atoms with E-state index in [1.165, 1.54) is 6.42 Å². The third-order valence-corrected chi connectivity index (χ3v) is 5.69. The lowest BCUT2D eigenvalue weighted by molar-refractivity contribution is -0.147. The SMILES string of the molecule is CCCCOc1ccc(C(=O)NCC(=O)OCC(=O)N[C@@H]2CCC[C@H](C)[C@@H]2C)cc1. The highest BCUT2D eigenvalue weighted by Crippen LogP contribution is 2.29. The zero-order valence-electron chi connectivity index (χ0n) is 18.2. The summed E-state index contributed by atoms with van der Waals surface area (Å²) < 4.78 is 10.5. The number of unbranched alkanes of at least 4 members (excludes halogenated alkanes) is 1. The van der Waals surface area contributed by atoms with Gasteiger partial charge in [-0.3, -0.25) is 14.4 Å². The average molecular weight is 419 g/mol.